The maximum atomic E-state index is 11.8. The average Bonchev–Trinajstić information content (AvgIpc) is 2.95. The van der Waals surface area contributed by atoms with Crippen LogP contribution in [0.1, 0.15) is 24.1 Å². The highest BCUT2D eigenvalue weighted by Gasteiger charge is 2.25. The topological polar surface area (TPSA) is 105 Å². The highest BCUT2D eigenvalue weighted by atomic mass is 79.9. The lowest BCUT2D eigenvalue weighted by atomic mass is 10.0. The molecule has 1 aliphatic heterocycles. The largest absolute Gasteiger partial charge is 0.469 e. The van der Waals surface area contributed by atoms with Crippen LogP contribution in [0.2, 0.25) is 0 Å². The molecule has 3 rings (SSSR count). The number of aliphatic imine (C=N–C) groups is 2. The number of carbonyl (C=O) groups excluding carboxylic acids is 1. The van der Waals surface area contributed by atoms with E-state index in [-0.39, 0.29) is 18.9 Å². The lowest BCUT2D eigenvalue weighted by Crippen LogP contribution is -2.38. The van der Waals surface area contributed by atoms with Gasteiger partial charge in [-0.1, -0.05) is 33.2 Å². The number of nitrogens with zero attached hydrogens (tertiary/aromatic N) is 4. The van der Waals surface area contributed by atoms with Gasteiger partial charge in [0.05, 0.1) is 24.2 Å². The molecule has 0 radical (unpaired) electrons. The van der Waals surface area contributed by atoms with Gasteiger partial charge in [-0.25, -0.2) is 4.99 Å². The van der Waals surface area contributed by atoms with Crippen LogP contribution in [0.15, 0.2) is 74.9 Å². The number of nitroso groups, excluding NO2 is 1. The molecule has 160 valence electrons. The highest BCUT2D eigenvalue weighted by molar-refractivity contribution is 9.10. The minimum atomic E-state index is -0.615. The van der Waals surface area contributed by atoms with Gasteiger partial charge >= 0.3 is 5.97 Å². The third-order valence-corrected chi connectivity index (χ3v) is 5.21. The van der Waals surface area contributed by atoms with E-state index in [4.69, 9.17) is 14.7 Å². The Kier molecular flexibility index (Phi) is 7.77. The van der Waals surface area contributed by atoms with Gasteiger partial charge in [-0.3, -0.25) is 14.8 Å². The van der Waals surface area contributed by atoms with E-state index in [0.29, 0.717) is 29.3 Å². The second-order valence-electron chi connectivity index (χ2n) is 6.77. The fourth-order valence-corrected chi connectivity index (χ4v) is 3.44. The number of halogens is 1. The van der Waals surface area contributed by atoms with Gasteiger partial charge in [0.15, 0.2) is 0 Å². The summed E-state index contributed by atoms with van der Waals surface area (Å²) in [4.78, 5) is 37.0. The monoisotopic (exact) mass is 483 g/mol. The Morgan fingerprint density at radius 3 is 2.90 bits per heavy atom. The zero-order valence-electron chi connectivity index (χ0n) is 17.0. The molecule has 0 saturated heterocycles. The molecule has 1 unspecified atom stereocenters. The number of carbonyl (C=O) groups is 1. The molecule has 0 aliphatic carbocycles. The Morgan fingerprint density at radius 2 is 2.23 bits per heavy atom. The van der Waals surface area contributed by atoms with Crippen LogP contribution in [0.3, 0.4) is 0 Å². The van der Waals surface area contributed by atoms with Crippen molar-refractivity contribution in [2.24, 2.45) is 15.2 Å². The van der Waals surface area contributed by atoms with Crippen molar-refractivity contribution in [2.45, 2.75) is 24.9 Å². The van der Waals surface area contributed by atoms with E-state index >= 15 is 0 Å². The van der Waals surface area contributed by atoms with Crippen LogP contribution in [-0.2, 0) is 9.53 Å². The smallest absolute Gasteiger partial charge is 0.305 e. The number of methoxy groups -OCH3 is 1. The number of hydrogen-bond donors (Lipinski definition) is 1. The van der Waals surface area contributed by atoms with Crippen LogP contribution in [0, 0.1) is 4.91 Å². The van der Waals surface area contributed by atoms with Crippen LogP contribution in [-0.4, -0.2) is 48.2 Å². The van der Waals surface area contributed by atoms with Crippen molar-refractivity contribution in [1.82, 2.24) is 10.3 Å². The second kappa shape index (κ2) is 10.7. The normalized spacial score (nSPS) is 16.1. The number of benzene rings is 1. The summed E-state index contributed by atoms with van der Waals surface area (Å²) in [7, 11) is 1.35. The number of ether oxygens (including phenoxy) is 1. The highest BCUT2D eigenvalue weighted by Crippen LogP contribution is 2.30. The van der Waals surface area contributed by atoms with Crippen LogP contribution >= 0.6 is 15.9 Å². The lowest BCUT2D eigenvalue weighted by Gasteiger charge is -2.17. The molecule has 31 heavy (non-hydrogen) atoms. The Morgan fingerprint density at radius 1 is 1.39 bits per heavy atom. The number of hydrogen-bond acceptors (Lipinski definition) is 8. The van der Waals surface area contributed by atoms with E-state index in [1.807, 2.05) is 36.4 Å². The number of amidine groups is 1. The van der Waals surface area contributed by atoms with Gasteiger partial charge in [0.25, 0.3) is 0 Å². The van der Waals surface area contributed by atoms with Crippen LogP contribution in [0.5, 0.6) is 0 Å². The summed E-state index contributed by atoms with van der Waals surface area (Å²) in [5, 5.41) is 6.21. The summed E-state index contributed by atoms with van der Waals surface area (Å²) in [6, 6.07) is 10.2. The van der Waals surface area contributed by atoms with Crippen molar-refractivity contribution in [2.75, 3.05) is 13.7 Å². The van der Waals surface area contributed by atoms with E-state index in [0.717, 1.165) is 10.0 Å². The van der Waals surface area contributed by atoms with Crippen molar-refractivity contribution in [3.05, 3.63) is 75.9 Å². The van der Waals surface area contributed by atoms with E-state index < -0.39 is 12.1 Å². The van der Waals surface area contributed by atoms with Crippen molar-refractivity contribution in [3.8, 4) is 0 Å². The number of esters is 1. The summed E-state index contributed by atoms with van der Waals surface area (Å²) in [5.41, 5.74) is 2.87. The first-order valence-electron chi connectivity index (χ1n) is 9.69. The van der Waals surface area contributed by atoms with Gasteiger partial charge in [-0.2, -0.15) is 4.91 Å². The fourth-order valence-electron chi connectivity index (χ4n) is 3.08. The van der Waals surface area contributed by atoms with Crippen molar-refractivity contribution >= 4 is 39.1 Å². The maximum absolute atomic E-state index is 11.8. The predicted octanol–water partition coefficient (Wildman–Crippen LogP) is 3.96. The number of nitrogens with one attached hydrogen (secondary N) is 1. The van der Waals surface area contributed by atoms with Crippen molar-refractivity contribution < 1.29 is 9.53 Å². The zero-order valence-corrected chi connectivity index (χ0v) is 18.6. The van der Waals surface area contributed by atoms with Gasteiger partial charge in [-0.15, -0.1) is 6.58 Å². The fraction of sp³-hybridized carbons (Fsp3) is 0.273. The third kappa shape index (κ3) is 5.69. The summed E-state index contributed by atoms with van der Waals surface area (Å²) >= 11 is 3.51. The van der Waals surface area contributed by atoms with Crippen LogP contribution in [0.25, 0.3) is 0 Å². The molecule has 1 aromatic heterocycles. The number of fused-ring (bicyclic) bond motifs is 1. The van der Waals surface area contributed by atoms with Gasteiger partial charge < -0.3 is 10.1 Å². The number of aromatic nitrogens is 1. The molecule has 8 nitrogen and oxygen atoms in total. The van der Waals surface area contributed by atoms with Gasteiger partial charge in [0, 0.05) is 29.2 Å². The molecule has 0 fully saturated rings. The molecule has 0 bridgehead atoms. The first-order valence-corrected chi connectivity index (χ1v) is 10.5. The molecule has 2 aromatic rings. The Balaban J connectivity index is 2.08. The number of pyridine rings is 1. The van der Waals surface area contributed by atoms with Gasteiger partial charge in [0.2, 0.25) is 0 Å². The molecule has 0 spiro atoms. The average molecular weight is 484 g/mol. The molecular formula is C22H22BrN5O3. The molecule has 0 amide bonds. The molecule has 1 aromatic carbocycles. The third-order valence-electron chi connectivity index (χ3n) is 4.71. The molecule has 2 atom stereocenters. The second-order valence-corrected chi connectivity index (χ2v) is 7.69. The lowest BCUT2D eigenvalue weighted by molar-refractivity contribution is -0.140. The first kappa shape index (κ1) is 22.5. The van der Waals surface area contributed by atoms with E-state index in [1.165, 1.54) is 13.2 Å². The molecule has 1 aliphatic rings. The summed E-state index contributed by atoms with van der Waals surface area (Å²) in [5.74, 6) is 0.200. The molecule has 2 heterocycles. The Hall–Kier alpha value is -3.20. The van der Waals surface area contributed by atoms with E-state index in [1.54, 1.807) is 6.20 Å². The number of rotatable bonds is 8. The van der Waals surface area contributed by atoms with E-state index in [2.05, 4.69) is 38.0 Å². The maximum Gasteiger partial charge on any atom is 0.305 e. The van der Waals surface area contributed by atoms with Crippen LogP contribution in [0.4, 0.5) is 5.69 Å². The molecule has 0 saturated carbocycles. The predicted molar refractivity (Wildman–Crippen MR) is 124 cm³/mol. The van der Waals surface area contributed by atoms with Crippen LogP contribution < -0.4 is 5.32 Å². The summed E-state index contributed by atoms with van der Waals surface area (Å²) in [6.07, 6.45) is 3.71. The van der Waals surface area contributed by atoms with Gasteiger partial charge in [-0.05, 0) is 36.8 Å². The molecular weight excluding hydrogens is 462 g/mol. The molecule has 9 heteroatoms. The Labute approximate surface area is 188 Å². The Bertz CT molecular complexity index is 1020. The van der Waals surface area contributed by atoms with E-state index in [9.17, 15) is 9.70 Å². The SMILES string of the molecule is C=CC(CNC1=Nc2ccc(Br)cc2C(c2ccccn2)=N[C@H]1CCC(=O)OC)N=O. The first-order chi connectivity index (χ1) is 15.0. The molecule has 1 N–H and O–H groups in total. The summed E-state index contributed by atoms with van der Waals surface area (Å²) < 4.78 is 5.67. The van der Waals surface area contributed by atoms with Crippen molar-refractivity contribution in [1.29, 1.82) is 0 Å². The minimum absolute atomic E-state index is 0.164. The minimum Gasteiger partial charge on any atom is -0.469 e. The standard InChI is InChI=1S/C22H22BrN5O3/c1-3-15(28-30)13-25-22-19(9-10-20(29)31-2)26-21(18-6-4-5-11-24-18)16-12-14(23)7-8-17(16)27-22/h3-8,11-12,15,19H,1,9-10,13H2,2H3,(H,25,27)/t15?,19-/m0/s1. The quantitative estimate of drug-likeness (QED) is 0.347. The summed E-state index contributed by atoms with van der Waals surface area (Å²) in [6.45, 7) is 3.85. The zero-order chi connectivity index (χ0) is 22.2. The van der Waals surface area contributed by atoms with Crippen molar-refractivity contribution in [3.63, 3.8) is 0 Å². The van der Waals surface area contributed by atoms with Gasteiger partial charge in [0.1, 0.15) is 17.9 Å².